The van der Waals surface area contributed by atoms with Crippen molar-refractivity contribution >= 4 is 23.7 Å². The van der Waals surface area contributed by atoms with Crippen LogP contribution in [0.1, 0.15) is 20.8 Å². The highest BCUT2D eigenvalue weighted by atomic mass is 32.2. The normalized spacial score (nSPS) is 15.9. The van der Waals surface area contributed by atoms with E-state index in [0.29, 0.717) is 5.75 Å². The Labute approximate surface area is 112 Å². The van der Waals surface area contributed by atoms with Crippen LogP contribution >= 0.6 is 11.8 Å². The van der Waals surface area contributed by atoms with E-state index in [9.17, 15) is 14.7 Å². The standard InChI is InChI=1S/C11H23N3O3S/c1-7(2)8(14-10(12)16)9(15)13-5-11(3,17)6-18-4/h7-8,17H,5-6H2,1-4H3,(H,13,15)(H3,12,14,16). The van der Waals surface area contributed by atoms with Crippen molar-refractivity contribution in [1.29, 1.82) is 0 Å². The predicted molar refractivity (Wildman–Crippen MR) is 73.4 cm³/mol. The third kappa shape index (κ3) is 6.70. The molecule has 18 heavy (non-hydrogen) atoms. The van der Waals surface area contributed by atoms with Gasteiger partial charge in [0.25, 0.3) is 0 Å². The number of hydrogen-bond acceptors (Lipinski definition) is 4. The van der Waals surface area contributed by atoms with Gasteiger partial charge in [0.05, 0.1) is 5.60 Å². The van der Waals surface area contributed by atoms with E-state index >= 15 is 0 Å². The fourth-order valence-corrected chi connectivity index (χ4v) is 2.16. The Hall–Kier alpha value is -0.950. The molecular weight excluding hydrogens is 254 g/mol. The van der Waals surface area contributed by atoms with Gasteiger partial charge in [-0.2, -0.15) is 11.8 Å². The van der Waals surface area contributed by atoms with Gasteiger partial charge in [-0.1, -0.05) is 13.8 Å². The zero-order valence-electron chi connectivity index (χ0n) is 11.3. The third-order valence-electron chi connectivity index (χ3n) is 2.35. The molecule has 2 unspecified atom stereocenters. The number of amides is 3. The van der Waals surface area contributed by atoms with Crippen LogP contribution in [0.4, 0.5) is 4.79 Å². The number of hydrogen-bond donors (Lipinski definition) is 4. The average Bonchev–Trinajstić information content (AvgIpc) is 2.22. The summed E-state index contributed by atoms with van der Waals surface area (Å²) in [5.74, 6) is 0.0938. The number of urea groups is 1. The number of rotatable bonds is 7. The van der Waals surface area contributed by atoms with Crippen LogP contribution in [-0.4, -0.2) is 47.2 Å². The Morgan fingerprint density at radius 3 is 2.39 bits per heavy atom. The quantitative estimate of drug-likeness (QED) is 0.522. The highest BCUT2D eigenvalue weighted by Crippen LogP contribution is 2.09. The molecular formula is C11H23N3O3S. The lowest BCUT2D eigenvalue weighted by atomic mass is 10.0. The van der Waals surface area contributed by atoms with Crippen molar-refractivity contribution in [3.8, 4) is 0 Å². The second kappa shape index (κ2) is 7.48. The van der Waals surface area contributed by atoms with Gasteiger partial charge in [-0.15, -0.1) is 0 Å². The molecule has 0 bridgehead atoms. The zero-order valence-corrected chi connectivity index (χ0v) is 12.1. The van der Waals surface area contributed by atoms with Gasteiger partial charge in [-0.25, -0.2) is 4.79 Å². The highest BCUT2D eigenvalue weighted by Gasteiger charge is 2.26. The molecule has 7 heteroatoms. The molecule has 6 nitrogen and oxygen atoms in total. The Morgan fingerprint density at radius 1 is 1.44 bits per heavy atom. The molecule has 0 spiro atoms. The van der Waals surface area contributed by atoms with Gasteiger partial charge in [0.15, 0.2) is 0 Å². The van der Waals surface area contributed by atoms with E-state index in [2.05, 4.69) is 10.6 Å². The molecule has 106 valence electrons. The van der Waals surface area contributed by atoms with Crippen LogP contribution in [-0.2, 0) is 4.79 Å². The lowest BCUT2D eigenvalue weighted by Crippen LogP contribution is -2.54. The van der Waals surface area contributed by atoms with Crippen LogP contribution < -0.4 is 16.4 Å². The minimum Gasteiger partial charge on any atom is -0.387 e. The van der Waals surface area contributed by atoms with E-state index < -0.39 is 17.7 Å². The van der Waals surface area contributed by atoms with Crippen molar-refractivity contribution < 1.29 is 14.7 Å². The van der Waals surface area contributed by atoms with Crippen molar-refractivity contribution in [3.63, 3.8) is 0 Å². The molecule has 0 aromatic carbocycles. The largest absolute Gasteiger partial charge is 0.387 e. The number of aliphatic hydroxyl groups is 1. The van der Waals surface area contributed by atoms with Crippen LogP contribution in [0.15, 0.2) is 0 Å². The minimum absolute atomic E-state index is 0.0806. The molecule has 0 rings (SSSR count). The molecule has 0 saturated heterocycles. The maximum Gasteiger partial charge on any atom is 0.312 e. The van der Waals surface area contributed by atoms with Crippen LogP contribution in [0.3, 0.4) is 0 Å². The number of carbonyl (C=O) groups is 2. The van der Waals surface area contributed by atoms with Crippen molar-refractivity contribution in [1.82, 2.24) is 10.6 Å². The number of primary amides is 1. The fourth-order valence-electron chi connectivity index (χ4n) is 1.44. The first-order chi connectivity index (χ1) is 8.19. The molecule has 0 aliphatic heterocycles. The molecule has 0 radical (unpaired) electrons. The van der Waals surface area contributed by atoms with E-state index in [0.717, 1.165) is 0 Å². The smallest absolute Gasteiger partial charge is 0.312 e. The summed E-state index contributed by atoms with van der Waals surface area (Å²) < 4.78 is 0. The number of nitrogens with two attached hydrogens (primary N) is 1. The summed E-state index contributed by atoms with van der Waals surface area (Å²) in [5, 5.41) is 14.9. The maximum atomic E-state index is 11.9. The molecule has 5 N–H and O–H groups in total. The summed E-state index contributed by atoms with van der Waals surface area (Å²) in [5.41, 5.74) is 4.05. The fraction of sp³-hybridized carbons (Fsp3) is 0.818. The molecule has 0 aromatic heterocycles. The average molecular weight is 277 g/mol. The Kier molecular flexibility index (Phi) is 7.08. The van der Waals surface area contributed by atoms with Crippen LogP contribution in [0.5, 0.6) is 0 Å². The van der Waals surface area contributed by atoms with Crippen molar-refractivity contribution in [2.75, 3.05) is 18.6 Å². The molecule has 0 saturated carbocycles. The van der Waals surface area contributed by atoms with Gasteiger partial charge in [-0.3, -0.25) is 4.79 Å². The molecule has 0 aliphatic rings. The van der Waals surface area contributed by atoms with Crippen molar-refractivity contribution in [2.45, 2.75) is 32.4 Å². The van der Waals surface area contributed by atoms with Gasteiger partial charge in [0, 0.05) is 12.3 Å². The van der Waals surface area contributed by atoms with E-state index in [1.54, 1.807) is 20.8 Å². The van der Waals surface area contributed by atoms with E-state index in [4.69, 9.17) is 5.73 Å². The molecule has 2 atom stereocenters. The summed E-state index contributed by atoms with van der Waals surface area (Å²) >= 11 is 1.49. The summed E-state index contributed by atoms with van der Waals surface area (Å²) in [6, 6.07) is -1.42. The molecule has 0 heterocycles. The van der Waals surface area contributed by atoms with E-state index in [-0.39, 0.29) is 18.4 Å². The van der Waals surface area contributed by atoms with Crippen LogP contribution in [0.2, 0.25) is 0 Å². The molecule has 0 aliphatic carbocycles. The van der Waals surface area contributed by atoms with Crippen LogP contribution in [0, 0.1) is 5.92 Å². The lowest BCUT2D eigenvalue weighted by Gasteiger charge is -2.25. The van der Waals surface area contributed by atoms with Gasteiger partial charge in [-0.05, 0) is 19.1 Å². The Bertz CT molecular complexity index is 295. The Morgan fingerprint density at radius 2 is 2.00 bits per heavy atom. The summed E-state index contributed by atoms with van der Waals surface area (Å²) in [4.78, 5) is 22.7. The van der Waals surface area contributed by atoms with Gasteiger partial charge in [0.1, 0.15) is 6.04 Å². The SMILES string of the molecule is CSCC(C)(O)CNC(=O)C(NC(N)=O)C(C)C. The summed E-state index contributed by atoms with van der Waals surface area (Å²) in [6.07, 6.45) is 1.88. The predicted octanol–water partition coefficient (Wildman–Crippen LogP) is -0.0905. The second-order valence-corrected chi connectivity index (χ2v) is 5.74. The molecule has 3 amide bonds. The lowest BCUT2D eigenvalue weighted by molar-refractivity contribution is -0.124. The summed E-state index contributed by atoms with van der Waals surface area (Å²) in [7, 11) is 0. The first-order valence-corrected chi connectivity index (χ1v) is 7.14. The van der Waals surface area contributed by atoms with Crippen molar-refractivity contribution in [3.05, 3.63) is 0 Å². The first-order valence-electron chi connectivity index (χ1n) is 5.74. The number of nitrogens with one attached hydrogen (secondary N) is 2. The maximum absolute atomic E-state index is 11.9. The highest BCUT2D eigenvalue weighted by molar-refractivity contribution is 7.98. The first kappa shape index (κ1) is 17.1. The monoisotopic (exact) mass is 277 g/mol. The van der Waals surface area contributed by atoms with E-state index in [1.165, 1.54) is 11.8 Å². The van der Waals surface area contributed by atoms with Crippen molar-refractivity contribution in [2.24, 2.45) is 11.7 Å². The summed E-state index contributed by atoms with van der Waals surface area (Å²) in [6.45, 7) is 5.40. The van der Waals surface area contributed by atoms with Gasteiger partial charge >= 0.3 is 6.03 Å². The third-order valence-corrected chi connectivity index (χ3v) is 3.26. The molecule has 0 fully saturated rings. The second-order valence-electron chi connectivity index (χ2n) is 4.88. The van der Waals surface area contributed by atoms with Gasteiger partial charge in [0.2, 0.25) is 5.91 Å². The number of thioether (sulfide) groups is 1. The van der Waals surface area contributed by atoms with E-state index in [1.807, 2.05) is 6.26 Å². The van der Waals surface area contributed by atoms with Gasteiger partial charge < -0.3 is 21.5 Å². The molecule has 0 aromatic rings. The van der Waals surface area contributed by atoms with Crippen LogP contribution in [0.25, 0.3) is 0 Å². The minimum atomic E-state index is -0.969. The zero-order chi connectivity index (χ0) is 14.3. The Balaban J connectivity index is 4.39. The topological polar surface area (TPSA) is 104 Å². The number of carbonyl (C=O) groups excluding carboxylic acids is 2.